The molecule has 0 radical (unpaired) electrons. The van der Waals surface area contributed by atoms with Crippen LogP contribution in [0.5, 0.6) is 0 Å². The number of nitrogens with one attached hydrogen (secondary N) is 1. The van der Waals surface area contributed by atoms with Gasteiger partial charge in [0.05, 0.1) is 6.54 Å². The van der Waals surface area contributed by atoms with Crippen LogP contribution in [0.1, 0.15) is 30.8 Å². The number of rotatable bonds is 4. The highest BCUT2D eigenvalue weighted by Gasteiger charge is 2.36. The van der Waals surface area contributed by atoms with Gasteiger partial charge in [-0.15, -0.1) is 0 Å². The molecular weight excluding hydrogens is 260 g/mol. The number of hydrogen-bond donors (Lipinski definition) is 1. The van der Waals surface area contributed by atoms with Crippen molar-refractivity contribution in [2.24, 2.45) is 5.92 Å². The molecule has 1 aliphatic carbocycles. The van der Waals surface area contributed by atoms with Crippen molar-refractivity contribution in [2.75, 3.05) is 5.32 Å². The Bertz CT molecular complexity index is 772. The molecule has 3 heteroatoms. The van der Waals surface area contributed by atoms with Crippen molar-refractivity contribution in [1.82, 2.24) is 4.98 Å². The first-order valence-corrected chi connectivity index (χ1v) is 7.46. The molecule has 2 heterocycles. The van der Waals surface area contributed by atoms with Gasteiger partial charge in [0.15, 0.2) is 0 Å². The van der Waals surface area contributed by atoms with E-state index in [0.717, 1.165) is 28.5 Å². The summed E-state index contributed by atoms with van der Waals surface area (Å²) in [5, 5.41) is 5.80. The molecule has 21 heavy (non-hydrogen) atoms. The summed E-state index contributed by atoms with van der Waals surface area (Å²) in [6, 6.07) is 12.5. The minimum absolute atomic E-state index is 0.641. The number of pyridine rings is 1. The van der Waals surface area contributed by atoms with Gasteiger partial charge in [-0.1, -0.05) is 19.1 Å². The highest BCUT2D eigenvalue weighted by molar-refractivity contribution is 5.93. The third kappa shape index (κ3) is 2.40. The van der Waals surface area contributed by atoms with E-state index < -0.39 is 0 Å². The standard InChI is InChI=1S/C18H18N2O/c1-12-9-16(12)18-6-5-14(21-18)11-20-17-4-2-3-13-10-19-8-7-15(13)17/h2-8,10,12,16,20H,9,11H2,1H3. The van der Waals surface area contributed by atoms with E-state index in [1.807, 2.05) is 24.5 Å². The fourth-order valence-corrected chi connectivity index (χ4v) is 2.87. The Morgan fingerprint density at radius 3 is 3.00 bits per heavy atom. The topological polar surface area (TPSA) is 38.1 Å². The van der Waals surface area contributed by atoms with Gasteiger partial charge in [-0.3, -0.25) is 4.98 Å². The molecule has 2 aromatic heterocycles. The third-order valence-electron chi connectivity index (χ3n) is 4.29. The number of aromatic nitrogens is 1. The summed E-state index contributed by atoms with van der Waals surface area (Å²) < 4.78 is 5.94. The highest BCUT2D eigenvalue weighted by atomic mass is 16.3. The third-order valence-corrected chi connectivity index (χ3v) is 4.29. The molecule has 0 aliphatic heterocycles. The Kier molecular flexibility index (Phi) is 2.92. The summed E-state index contributed by atoms with van der Waals surface area (Å²) in [7, 11) is 0. The van der Waals surface area contributed by atoms with Gasteiger partial charge in [-0.2, -0.15) is 0 Å². The number of furan rings is 1. The molecule has 0 spiro atoms. The van der Waals surface area contributed by atoms with Gasteiger partial charge in [0, 0.05) is 34.8 Å². The lowest BCUT2D eigenvalue weighted by molar-refractivity contribution is 0.468. The summed E-state index contributed by atoms with van der Waals surface area (Å²) in [6.45, 7) is 2.98. The van der Waals surface area contributed by atoms with Crippen LogP contribution in [0, 0.1) is 5.92 Å². The lowest BCUT2D eigenvalue weighted by Crippen LogP contribution is -1.98. The number of fused-ring (bicyclic) bond motifs is 1. The van der Waals surface area contributed by atoms with Crippen LogP contribution in [0.15, 0.2) is 53.2 Å². The Morgan fingerprint density at radius 2 is 2.14 bits per heavy atom. The first kappa shape index (κ1) is 12.5. The van der Waals surface area contributed by atoms with Crippen molar-refractivity contribution in [1.29, 1.82) is 0 Å². The van der Waals surface area contributed by atoms with Crippen molar-refractivity contribution >= 4 is 16.5 Å². The summed E-state index contributed by atoms with van der Waals surface area (Å²) in [6.07, 6.45) is 4.98. The maximum atomic E-state index is 5.94. The van der Waals surface area contributed by atoms with Crippen LogP contribution in [0.3, 0.4) is 0 Å². The van der Waals surface area contributed by atoms with Crippen LogP contribution >= 0.6 is 0 Å². The zero-order valence-corrected chi connectivity index (χ0v) is 12.0. The van der Waals surface area contributed by atoms with Gasteiger partial charge in [0.1, 0.15) is 11.5 Å². The summed E-state index contributed by atoms with van der Waals surface area (Å²) in [5.74, 6) is 3.56. The first-order chi connectivity index (χ1) is 10.3. The monoisotopic (exact) mass is 278 g/mol. The second kappa shape index (κ2) is 4.92. The normalized spacial score (nSPS) is 20.6. The summed E-state index contributed by atoms with van der Waals surface area (Å²) in [5.41, 5.74) is 1.12. The van der Waals surface area contributed by atoms with E-state index in [0.29, 0.717) is 12.5 Å². The van der Waals surface area contributed by atoms with Crippen LogP contribution in [0.2, 0.25) is 0 Å². The molecule has 1 aromatic carbocycles. The van der Waals surface area contributed by atoms with Crippen molar-refractivity contribution in [3.05, 3.63) is 60.3 Å². The zero-order chi connectivity index (χ0) is 14.2. The Balaban J connectivity index is 1.52. The molecule has 2 atom stereocenters. The maximum absolute atomic E-state index is 5.94. The Hall–Kier alpha value is -2.29. The smallest absolute Gasteiger partial charge is 0.123 e. The molecule has 3 aromatic rings. The molecule has 0 saturated heterocycles. The van der Waals surface area contributed by atoms with Crippen molar-refractivity contribution < 1.29 is 4.42 Å². The fourth-order valence-electron chi connectivity index (χ4n) is 2.87. The fraction of sp³-hybridized carbons (Fsp3) is 0.278. The molecule has 1 N–H and O–H groups in total. The van der Waals surface area contributed by atoms with Crippen LogP contribution in [-0.4, -0.2) is 4.98 Å². The van der Waals surface area contributed by atoms with E-state index in [1.165, 1.54) is 11.8 Å². The van der Waals surface area contributed by atoms with E-state index in [-0.39, 0.29) is 0 Å². The number of nitrogens with zero attached hydrogens (tertiary/aromatic N) is 1. The number of hydrogen-bond acceptors (Lipinski definition) is 3. The van der Waals surface area contributed by atoms with Crippen LogP contribution in [0.4, 0.5) is 5.69 Å². The average Bonchev–Trinajstić information content (AvgIpc) is 3.07. The molecule has 1 fully saturated rings. The lowest BCUT2D eigenvalue weighted by Gasteiger charge is -2.08. The SMILES string of the molecule is CC1CC1c1ccc(CNc2cccc3cnccc23)o1. The van der Waals surface area contributed by atoms with Crippen molar-refractivity contribution in [3.63, 3.8) is 0 Å². The summed E-state index contributed by atoms with van der Waals surface area (Å²) in [4.78, 5) is 4.16. The minimum Gasteiger partial charge on any atom is -0.464 e. The average molecular weight is 278 g/mol. The van der Waals surface area contributed by atoms with Crippen LogP contribution < -0.4 is 5.32 Å². The minimum atomic E-state index is 0.641. The van der Waals surface area contributed by atoms with E-state index in [1.54, 1.807) is 0 Å². The molecule has 0 amide bonds. The second-order valence-corrected chi connectivity index (χ2v) is 5.88. The number of anilines is 1. The molecule has 1 saturated carbocycles. The molecule has 1 aliphatic rings. The van der Waals surface area contributed by atoms with E-state index in [4.69, 9.17) is 4.42 Å². The lowest BCUT2D eigenvalue weighted by atomic mass is 10.1. The molecule has 2 unspecified atom stereocenters. The molecule has 3 nitrogen and oxygen atoms in total. The maximum Gasteiger partial charge on any atom is 0.123 e. The highest BCUT2D eigenvalue weighted by Crippen LogP contribution is 2.47. The largest absolute Gasteiger partial charge is 0.464 e. The van der Waals surface area contributed by atoms with E-state index in [2.05, 4.69) is 41.5 Å². The first-order valence-electron chi connectivity index (χ1n) is 7.46. The van der Waals surface area contributed by atoms with Gasteiger partial charge >= 0.3 is 0 Å². The van der Waals surface area contributed by atoms with E-state index >= 15 is 0 Å². The van der Waals surface area contributed by atoms with Crippen LogP contribution in [0.25, 0.3) is 10.8 Å². The quantitative estimate of drug-likeness (QED) is 0.760. The molecular formula is C18H18N2O. The van der Waals surface area contributed by atoms with Gasteiger partial charge in [-0.05, 0) is 36.6 Å². The Morgan fingerprint density at radius 1 is 1.24 bits per heavy atom. The second-order valence-electron chi connectivity index (χ2n) is 5.88. The zero-order valence-electron chi connectivity index (χ0n) is 12.0. The van der Waals surface area contributed by atoms with Gasteiger partial charge in [0.25, 0.3) is 0 Å². The Labute approximate surface area is 124 Å². The van der Waals surface area contributed by atoms with Gasteiger partial charge in [0.2, 0.25) is 0 Å². The van der Waals surface area contributed by atoms with Gasteiger partial charge in [-0.25, -0.2) is 0 Å². The van der Waals surface area contributed by atoms with Crippen LogP contribution in [-0.2, 0) is 6.54 Å². The predicted octanol–water partition coefficient (Wildman–Crippen LogP) is 4.56. The van der Waals surface area contributed by atoms with Crippen molar-refractivity contribution in [2.45, 2.75) is 25.8 Å². The van der Waals surface area contributed by atoms with Gasteiger partial charge < -0.3 is 9.73 Å². The summed E-state index contributed by atoms with van der Waals surface area (Å²) >= 11 is 0. The number of benzene rings is 1. The molecule has 4 rings (SSSR count). The van der Waals surface area contributed by atoms with E-state index in [9.17, 15) is 0 Å². The molecule has 106 valence electrons. The van der Waals surface area contributed by atoms with Crippen molar-refractivity contribution in [3.8, 4) is 0 Å². The predicted molar refractivity (Wildman–Crippen MR) is 84.3 cm³/mol. The molecule has 0 bridgehead atoms.